The molecule has 7 heteroatoms. The van der Waals surface area contributed by atoms with Crippen LogP contribution in [0.15, 0.2) is 16.8 Å². The summed E-state index contributed by atoms with van der Waals surface area (Å²) in [5.74, 6) is -0.293. The van der Waals surface area contributed by atoms with Gasteiger partial charge in [-0.2, -0.15) is 11.3 Å². The summed E-state index contributed by atoms with van der Waals surface area (Å²) in [6.45, 7) is 4.53. The van der Waals surface area contributed by atoms with Gasteiger partial charge in [-0.3, -0.25) is 9.59 Å². The van der Waals surface area contributed by atoms with Gasteiger partial charge in [-0.05, 0) is 36.2 Å². The second kappa shape index (κ2) is 7.03. The van der Waals surface area contributed by atoms with Crippen LogP contribution in [0.5, 0.6) is 0 Å². The first-order valence-electron chi connectivity index (χ1n) is 7.93. The van der Waals surface area contributed by atoms with E-state index in [1.807, 2.05) is 19.2 Å². The number of likely N-dealkylation sites (tertiary alicyclic amines) is 1. The molecule has 1 aliphatic heterocycles. The van der Waals surface area contributed by atoms with Crippen LogP contribution in [-0.4, -0.2) is 35.3 Å². The Balaban J connectivity index is 1.77. The molecule has 24 heavy (non-hydrogen) atoms. The maximum atomic E-state index is 12.6. The first kappa shape index (κ1) is 17.1. The number of carbonyl (C=O) groups is 2. The smallest absolute Gasteiger partial charge is 0.225 e. The number of rotatable bonds is 5. The average Bonchev–Trinajstić information content (AvgIpc) is 3.23. The van der Waals surface area contributed by atoms with Crippen LogP contribution in [-0.2, 0) is 16.0 Å². The fourth-order valence-electron chi connectivity index (χ4n) is 2.82. The quantitative estimate of drug-likeness (QED) is 0.888. The zero-order chi connectivity index (χ0) is 17.3. The Hall–Kier alpha value is -1.73. The molecule has 2 aromatic rings. The molecule has 2 aromatic heterocycles. The lowest BCUT2D eigenvalue weighted by Gasteiger charge is -2.18. The molecule has 1 saturated heterocycles. The predicted octanol–water partition coefficient (Wildman–Crippen LogP) is 2.70. The number of hydrogen-bond acceptors (Lipinski definition) is 5. The number of aryl methyl sites for hydroxylation is 2. The van der Waals surface area contributed by atoms with Gasteiger partial charge in [-0.1, -0.05) is 0 Å². The molecule has 3 rings (SSSR count). The zero-order valence-corrected chi connectivity index (χ0v) is 15.7. The van der Waals surface area contributed by atoms with Gasteiger partial charge in [-0.15, -0.1) is 11.3 Å². The average molecular weight is 364 g/mol. The van der Waals surface area contributed by atoms with Crippen LogP contribution in [0, 0.1) is 19.8 Å². The maximum Gasteiger partial charge on any atom is 0.225 e. The third-order valence-corrected chi connectivity index (χ3v) is 6.31. The highest BCUT2D eigenvalue weighted by atomic mass is 32.1. The molecule has 0 saturated carbocycles. The summed E-state index contributed by atoms with van der Waals surface area (Å²) in [6.07, 6.45) is 1.02. The lowest BCUT2D eigenvalue weighted by Crippen LogP contribution is -2.36. The molecule has 0 spiro atoms. The van der Waals surface area contributed by atoms with Gasteiger partial charge in [-0.25, -0.2) is 4.98 Å². The Morgan fingerprint density at radius 1 is 1.50 bits per heavy atom. The SMILES string of the molecule is Cc1nc([C@@H](Cc2ccsc2)NC(=O)[C@H]2CC(=O)N(C)C2)sc1C. The van der Waals surface area contributed by atoms with Crippen molar-refractivity contribution in [2.24, 2.45) is 5.92 Å². The summed E-state index contributed by atoms with van der Waals surface area (Å²) < 4.78 is 0. The fraction of sp³-hybridized carbons (Fsp3) is 0.471. The fourth-order valence-corrected chi connectivity index (χ4v) is 4.48. The predicted molar refractivity (Wildman–Crippen MR) is 96.2 cm³/mol. The van der Waals surface area contributed by atoms with Crippen LogP contribution in [0.25, 0.3) is 0 Å². The van der Waals surface area contributed by atoms with Gasteiger partial charge in [0.15, 0.2) is 0 Å². The zero-order valence-electron chi connectivity index (χ0n) is 14.0. The van der Waals surface area contributed by atoms with Gasteiger partial charge in [0.2, 0.25) is 11.8 Å². The Morgan fingerprint density at radius 3 is 2.83 bits per heavy atom. The maximum absolute atomic E-state index is 12.6. The highest BCUT2D eigenvalue weighted by Gasteiger charge is 2.33. The van der Waals surface area contributed by atoms with Crippen LogP contribution < -0.4 is 5.32 Å². The number of thiophene rings is 1. The summed E-state index contributed by atoms with van der Waals surface area (Å²) in [4.78, 5) is 31.7. The van der Waals surface area contributed by atoms with E-state index in [1.54, 1.807) is 34.6 Å². The monoisotopic (exact) mass is 363 g/mol. The van der Waals surface area contributed by atoms with Crippen LogP contribution in [0.2, 0.25) is 0 Å². The van der Waals surface area contributed by atoms with Crippen molar-refractivity contribution < 1.29 is 9.59 Å². The summed E-state index contributed by atoms with van der Waals surface area (Å²) in [6, 6.07) is 1.93. The number of nitrogens with zero attached hydrogens (tertiary/aromatic N) is 2. The van der Waals surface area contributed by atoms with Crippen molar-refractivity contribution in [3.8, 4) is 0 Å². The number of hydrogen-bond donors (Lipinski definition) is 1. The molecule has 0 aliphatic carbocycles. The van der Waals surface area contributed by atoms with Gasteiger partial charge >= 0.3 is 0 Å². The molecule has 2 atom stereocenters. The standard InChI is InChI=1S/C17H21N3O2S2/c1-10-11(2)24-17(18-10)14(6-12-4-5-23-9-12)19-16(22)13-7-15(21)20(3)8-13/h4-5,9,13-14H,6-8H2,1-3H3,(H,19,22)/t13-,14+/m0/s1. The van der Waals surface area contributed by atoms with Crippen molar-refractivity contribution in [2.75, 3.05) is 13.6 Å². The Bertz CT molecular complexity index is 720. The third-order valence-electron chi connectivity index (χ3n) is 4.39. The molecule has 1 aliphatic rings. The van der Waals surface area contributed by atoms with Gasteiger partial charge in [0.05, 0.1) is 17.7 Å². The topological polar surface area (TPSA) is 62.3 Å². The summed E-state index contributed by atoms with van der Waals surface area (Å²) in [7, 11) is 1.74. The highest BCUT2D eigenvalue weighted by molar-refractivity contribution is 7.11. The van der Waals surface area contributed by atoms with Crippen LogP contribution in [0.4, 0.5) is 0 Å². The van der Waals surface area contributed by atoms with Crippen molar-refractivity contribution in [3.63, 3.8) is 0 Å². The molecular weight excluding hydrogens is 342 g/mol. The van der Waals surface area contributed by atoms with Crippen molar-refractivity contribution in [1.82, 2.24) is 15.2 Å². The Kier molecular flexibility index (Phi) is 5.01. The molecule has 1 N–H and O–H groups in total. The Morgan fingerprint density at radius 2 is 2.29 bits per heavy atom. The summed E-state index contributed by atoms with van der Waals surface area (Å²) in [5.41, 5.74) is 2.20. The molecule has 2 amide bonds. The number of carbonyl (C=O) groups excluding carboxylic acids is 2. The van der Waals surface area contributed by atoms with Gasteiger partial charge in [0.1, 0.15) is 5.01 Å². The van der Waals surface area contributed by atoms with E-state index in [0.717, 1.165) is 17.1 Å². The first-order valence-corrected chi connectivity index (χ1v) is 9.69. The molecule has 0 unspecified atom stereocenters. The van der Waals surface area contributed by atoms with Crippen LogP contribution >= 0.6 is 22.7 Å². The summed E-state index contributed by atoms with van der Waals surface area (Å²) in [5, 5.41) is 8.20. The number of amides is 2. The van der Waals surface area contributed by atoms with Crippen molar-refractivity contribution in [3.05, 3.63) is 38.0 Å². The minimum Gasteiger partial charge on any atom is -0.346 e. The van der Waals surface area contributed by atoms with E-state index in [-0.39, 0.29) is 23.8 Å². The second-order valence-electron chi connectivity index (χ2n) is 6.27. The number of thiazole rings is 1. The molecule has 5 nitrogen and oxygen atoms in total. The second-order valence-corrected chi connectivity index (χ2v) is 8.28. The van der Waals surface area contributed by atoms with E-state index in [1.165, 1.54) is 10.4 Å². The van der Waals surface area contributed by atoms with Crippen molar-refractivity contribution in [2.45, 2.75) is 32.7 Å². The number of aromatic nitrogens is 1. The van der Waals surface area contributed by atoms with E-state index >= 15 is 0 Å². The molecular formula is C17H21N3O2S2. The van der Waals surface area contributed by atoms with Crippen molar-refractivity contribution >= 4 is 34.5 Å². The molecule has 3 heterocycles. The molecule has 0 aromatic carbocycles. The van der Waals surface area contributed by atoms with E-state index in [2.05, 4.69) is 21.7 Å². The highest BCUT2D eigenvalue weighted by Crippen LogP contribution is 2.27. The van der Waals surface area contributed by atoms with Crippen LogP contribution in [0.1, 0.15) is 33.6 Å². The lowest BCUT2D eigenvalue weighted by molar-refractivity contribution is -0.128. The molecule has 128 valence electrons. The Labute approximate surface area is 149 Å². The van der Waals surface area contributed by atoms with Gasteiger partial charge in [0.25, 0.3) is 0 Å². The minimum atomic E-state index is -0.269. The van der Waals surface area contributed by atoms with E-state index in [9.17, 15) is 9.59 Å². The number of nitrogens with one attached hydrogen (secondary N) is 1. The van der Waals surface area contributed by atoms with E-state index in [0.29, 0.717) is 13.0 Å². The van der Waals surface area contributed by atoms with Gasteiger partial charge in [0, 0.05) is 31.3 Å². The van der Waals surface area contributed by atoms with E-state index < -0.39 is 0 Å². The third kappa shape index (κ3) is 3.67. The van der Waals surface area contributed by atoms with E-state index in [4.69, 9.17) is 0 Å². The lowest BCUT2D eigenvalue weighted by atomic mass is 10.1. The molecule has 1 fully saturated rings. The first-order chi connectivity index (χ1) is 11.4. The largest absolute Gasteiger partial charge is 0.346 e. The minimum absolute atomic E-state index is 0.0328. The van der Waals surface area contributed by atoms with Crippen molar-refractivity contribution in [1.29, 1.82) is 0 Å². The molecule has 0 bridgehead atoms. The summed E-state index contributed by atoms with van der Waals surface area (Å²) >= 11 is 3.28. The van der Waals surface area contributed by atoms with Crippen LogP contribution in [0.3, 0.4) is 0 Å². The van der Waals surface area contributed by atoms with Gasteiger partial charge < -0.3 is 10.2 Å². The molecule has 0 radical (unpaired) electrons. The normalized spacial score (nSPS) is 18.9.